The molecule has 0 radical (unpaired) electrons. The van der Waals surface area contributed by atoms with Crippen LogP contribution in [0.25, 0.3) is 0 Å². The number of amides is 2. The molecule has 7 heteroatoms. The van der Waals surface area contributed by atoms with Gasteiger partial charge >= 0.3 is 0 Å². The molecule has 0 bridgehead atoms. The minimum atomic E-state index is -0.561. The van der Waals surface area contributed by atoms with Crippen molar-refractivity contribution < 1.29 is 9.59 Å². The molecule has 3 aromatic rings. The minimum absolute atomic E-state index is 0.112. The lowest BCUT2D eigenvalue weighted by atomic mass is 10.1. The van der Waals surface area contributed by atoms with Gasteiger partial charge in [0.1, 0.15) is 16.7 Å². The zero-order chi connectivity index (χ0) is 23.4. The number of hydrogen-bond acceptors (Lipinski definition) is 4. The van der Waals surface area contributed by atoms with Crippen molar-refractivity contribution in [2.45, 2.75) is 18.6 Å². The first-order valence-electron chi connectivity index (χ1n) is 10.3. The first-order valence-corrected chi connectivity index (χ1v) is 11.5. The molecule has 0 saturated carbocycles. The number of aryl methyl sites for hydroxylation is 1. The number of carbonyl (C=O) groups excluding carboxylic acids is 2. The molecule has 1 atom stereocenters. The number of hydrogen-bond donors (Lipinski definition) is 1. The molecule has 1 aliphatic rings. The van der Waals surface area contributed by atoms with Gasteiger partial charge < -0.3 is 5.32 Å². The summed E-state index contributed by atoms with van der Waals surface area (Å²) in [5.41, 5.74) is 2.94. The van der Waals surface area contributed by atoms with Gasteiger partial charge in [-0.05, 0) is 49.2 Å². The number of para-hydroxylation sites is 1. The van der Waals surface area contributed by atoms with Crippen molar-refractivity contribution in [2.75, 3.05) is 10.2 Å². The van der Waals surface area contributed by atoms with Crippen molar-refractivity contribution in [1.82, 2.24) is 0 Å². The molecule has 1 aliphatic heterocycles. The number of benzene rings is 3. The van der Waals surface area contributed by atoms with E-state index >= 15 is 0 Å². The number of nitrogens with zero attached hydrogens (tertiary/aromatic N) is 2. The Kier molecular flexibility index (Phi) is 6.83. The molecular weight excluding hydrogens is 454 g/mol. The zero-order valence-corrected chi connectivity index (χ0v) is 19.4. The Balaban J connectivity index is 1.74. The van der Waals surface area contributed by atoms with Crippen LogP contribution in [0.4, 0.5) is 11.4 Å². The highest BCUT2D eigenvalue weighted by Crippen LogP contribution is 2.42. The predicted molar refractivity (Wildman–Crippen MR) is 133 cm³/mol. The van der Waals surface area contributed by atoms with Crippen LogP contribution in [0.15, 0.2) is 89.5 Å². The van der Waals surface area contributed by atoms with E-state index in [-0.39, 0.29) is 11.5 Å². The Labute approximate surface area is 201 Å². The van der Waals surface area contributed by atoms with E-state index in [0.717, 1.165) is 11.1 Å². The fraction of sp³-hybridized carbons (Fsp3) is 0.115. The summed E-state index contributed by atoms with van der Waals surface area (Å²) in [6.45, 7) is 1.95. The fourth-order valence-corrected chi connectivity index (χ4v) is 5.00. The Morgan fingerprint density at radius 2 is 1.73 bits per heavy atom. The molecule has 164 valence electrons. The average molecular weight is 474 g/mol. The van der Waals surface area contributed by atoms with Crippen molar-refractivity contribution in [3.63, 3.8) is 0 Å². The molecule has 1 N–H and O–H groups in total. The third kappa shape index (κ3) is 4.95. The van der Waals surface area contributed by atoms with E-state index in [0.29, 0.717) is 27.8 Å². The maximum Gasteiger partial charge on any atom is 0.269 e. The van der Waals surface area contributed by atoms with Crippen molar-refractivity contribution >= 4 is 46.6 Å². The molecule has 0 aliphatic carbocycles. The van der Waals surface area contributed by atoms with Crippen LogP contribution in [0.2, 0.25) is 5.02 Å². The minimum Gasteiger partial charge on any atom is -0.321 e. The summed E-state index contributed by atoms with van der Waals surface area (Å²) in [4.78, 5) is 28.0. The molecule has 1 fully saturated rings. The SMILES string of the molecule is Cc1ccc(N2C(=O)C(Cc3ccccc3Cl)S/C2=C(/C#N)C(=O)Nc2ccccc2)cc1. The van der Waals surface area contributed by atoms with Crippen LogP contribution in [0.5, 0.6) is 0 Å². The third-order valence-electron chi connectivity index (χ3n) is 5.19. The Hall–Kier alpha value is -3.53. The summed E-state index contributed by atoms with van der Waals surface area (Å²) in [7, 11) is 0. The predicted octanol–water partition coefficient (Wildman–Crippen LogP) is 5.71. The largest absolute Gasteiger partial charge is 0.321 e. The fourth-order valence-electron chi connectivity index (χ4n) is 3.49. The second kappa shape index (κ2) is 9.95. The number of halogens is 1. The van der Waals surface area contributed by atoms with Gasteiger partial charge in [-0.25, -0.2) is 0 Å². The summed E-state index contributed by atoms with van der Waals surface area (Å²) in [5.74, 6) is -0.756. The molecule has 2 amide bonds. The Morgan fingerprint density at radius 1 is 1.06 bits per heavy atom. The molecular formula is C26H20ClN3O2S. The van der Waals surface area contributed by atoms with Crippen LogP contribution >= 0.6 is 23.4 Å². The first-order chi connectivity index (χ1) is 16.0. The zero-order valence-electron chi connectivity index (χ0n) is 17.8. The monoisotopic (exact) mass is 473 g/mol. The standard InChI is InChI=1S/C26H20ClN3O2S/c1-17-11-13-20(14-12-17)30-25(32)23(15-18-7-5-6-10-22(18)27)33-26(30)21(16-28)24(31)29-19-8-3-2-4-9-19/h2-14,23H,15H2,1H3,(H,29,31)/b26-21-. The summed E-state index contributed by atoms with van der Waals surface area (Å²) < 4.78 is 0. The van der Waals surface area contributed by atoms with Gasteiger partial charge in [0.15, 0.2) is 0 Å². The quantitative estimate of drug-likeness (QED) is 0.380. The van der Waals surface area contributed by atoms with E-state index in [9.17, 15) is 14.9 Å². The molecule has 0 aromatic heterocycles. The number of nitriles is 1. The van der Waals surface area contributed by atoms with Crippen molar-refractivity contribution in [2.24, 2.45) is 0 Å². The number of anilines is 2. The summed E-state index contributed by atoms with van der Waals surface area (Å²) >= 11 is 7.54. The van der Waals surface area contributed by atoms with Gasteiger partial charge in [-0.1, -0.05) is 77.5 Å². The van der Waals surface area contributed by atoms with Crippen molar-refractivity contribution in [3.8, 4) is 6.07 Å². The molecule has 3 aromatic carbocycles. The smallest absolute Gasteiger partial charge is 0.269 e. The number of thioether (sulfide) groups is 1. The maximum absolute atomic E-state index is 13.5. The van der Waals surface area contributed by atoms with E-state index in [2.05, 4.69) is 5.32 Å². The Morgan fingerprint density at radius 3 is 2.39 bits per heavy atom. The lowest BCUT2D eigenvalue weighted by molar-refractivity contribution is -0.117. The molecule has 1 heterocycles. The van der Waals surface area contributed by atoms with Gasteiger partial charge in [-0.3, -0.25) is 14.5 Å². The summed E-state index contributed by atoms with van der Waals surface area (Å²) in [5, 5.41) is 13.0. The highest BCUT2D eigenvalue weighted by Gasteiger charge is 2.41. The number of nitrogens with one attached hydrogen (secondary N) is 1. The van der Waals surface area contributed by atoms with Crippen LogP contribution in [0, 0.1) is 18.3 Å². The molecule has 4 rings (SSSR count). The normalized spacial score (nSPS) is 16.9. The highest BCUT2D eigenvalue weighted by atomic mass is 35.5. The molecule has 0 spiro atoms. The van der Waals surface area contributed by atoms with Crippen LogP contribution in [-0.4, -0.2) is 17.1 Å². The van der Waals surface area contributed by atoms with Gasteiger partial charge in [-0.15, -0.1) is 0 Å². The van der Waals surface area contributed by atoms with E-state index in [4.69, 9.17) is 11.6 Å². The third-order valence-corrected chi connectivity index (χ3v) is 6.82. The summed E-state index contributed by atoms with van der Waals surface area (Å²) in [6, 6.07) is 25.7. The molecule has 5 nitrogen and oxygen atoms in total. The number of carbonyl (C=O) groups is 2. The topological polar surface area (TPSA) is 73.2 Å². The van der Waals surface area contributed by atoms with Gasteiger partial charge in [0, 0.05) is 16.4 Å². The van der Waals surface area contributed by atoms with Crippen molar-refractivity contribution in [1.29, 1.82) is 5.26 Å². The van der Waals surface area contributed by atoms with Crippen LogP contribution in [-0.2, 0) is 16.0 Å². The summed E-state index contributed by atoms with van der Waals surface area (Å²) in [6.07, 6.45) is 0.383. The lowest BCUT2D eigenvalue weighted by Crippen LogP contribution is -2.31. The maximum atomic E-state index is 13.5. The van der Waals surface area contributed by atoms with Gasteiger partial charge in [0.05, 0.1) is 5.25 Å². The van der Waals surface area contributed by atoms with Crippen molar-refractivity contribution in [3.05, 3.63) is 106 Å². The molecule has 1 unspecified atom stereocenters. The second-order valence-electron chi connectivity index (χ2n) is 7.52. The number of rotatable bonds is 5. The van der Waals surface area contributed by atoms with Gasteiger partial charge in [0.2, 0.25) is 5.91 Å². The van der Waals surface area contributed by atoms with E-state index in [1.165, 1.54) is 16.7 Å². The highest BCUT2D eigenvalue weighted by molar-refractivity contribution is 8.05. The van der Waals surface area contributed by atoms with E-state index in [1.54, 1.807) is 30.3 Å². The van der Waals surface area contributed by atoms with Gasteiger partial charge in [-0.2, -0.15) is 5.26 Å². The average Bonchev–Trinajstić information content (AvgIpc) is 3.12. The Bertz CT molecular complexity index is 1270. The first kappa shape index (κ1) is 22.7. The van der Waals surface area contributed by atoms with Gasteiger partial charge in [0.25, 0.3) is 5.91 Å². The second-order valence-corrected chi connectivity index (χ2v) is 9.12. The van der Waals surface area contributed by atoms with Crippen LogP contribution in [0.3, 0.4) is 0 Å². The lowest BCUT2D eigenvalue weighted by Gasteiger charge is -2.19. The van der Waals surface area contributed by atoms with Crippen LogP contribution in [0.1, 0.15) is 11.1 Å². The molecule has 33 heavy (non-hydrogen) atoms. The molecule has 1 saturated heterocycles. The van der Waals surface area contributed by atoms with E-state index in [1.807, 2.05) is 61.5 Å². The van der Waals surface area contributed by atoms with E-state index < -0.39 is 11.2 Å². The van der Waals surface area contributed by atoms with Crippen LogP contribution < -0.4 is 10.2 Å².